The number of thioether (sulfide) groups is 1. The molecule has 2 aromatic rings. The molecule has 2 aliphatic heterocycles. The molecule has 1 aromatic heterocycles. The molecule has 0 spiro atoms. The van der Waals surface area contributed by atoms with Gasteiger partial charge in [0.25, 0.3) is 0 Å². The molecule has 34 heavy (non-hydrogen) atoms. The van der Waals surface area contributed by atoms with Crippen molar-refractivity contribution in [3.63, 3.8) is 0 Å². The lowest BCUT2D eigenvalue weighted by molar-refractivity contribution is -0.142. The van der Waals surface area contributed by atoms with Crippen molar-refractivity contribution in [1.29, 1.82) is 0 Å². The Balaban J connectivity index is 1.40. The minimum Gasteiger partial charge on any atom is -0.481 e. The van der Waals surface area contributed by atoms with Gasteiger partial charge in [-0.1, -0.05) is 23.5 Å². The van der Waals surface area contributed by atoms with Gasteiger partial charge in [0.2, 0.25) is 11.8 Å². The van der Waals surface area contributed by atoms with Gasteiger partial charge in [-0.25, -0.2) is 0 Å². The maximum Gasteiger partial charge on any atom is 0.305 e. The van der Waals surface area contributed by atoms with E-state index in [4.69, 9.17) is 5.11 Å². The van der Waals surface area contributed by atoms with E-state index in [9.17, 15) is 19.2 Å². The molecule has 1 aromatic carbocycles. The van der Waals surface area contributed by atoms with Gasteiger partial charge in [0, 0.05) is 42.4 Å². The highest BCUT2D eigenvalue weighted by molar-refractivity contribution is 8.00. The van der Waals surface area contributed by atoms with Crippen LogP contribution in [0.4, 0.5) is 5.69 Å². The van der Waals surface area contributed by atoms with Crippen LogP contribution in [0.15, 0.2) is 34.1 Å². The molecule has 1 saturated heterocycles. The van der Waals surface area contributed by atoms with E-state index in [0.29, 0.717) is 0 Å². The van der Waals surface area contributed by atoms with Crippen LogP contribution in [0, 0.1) is 29.6 Å². The predicted molar refractivity (Wildman–Crippen MR) is 128 cm³/mol. The van der Waals surface area contributed by atoms with Crippen molar-refractivity contribution in [3.05, 3.63) is 44.4 Å². The SMILES string of the molecule is CN(C)c1ccc([C@H]2c3sc(=O)[nH]c3S[C@@H]3[C@H]4C[C@@H]([C@@H]5C(=O)N(CCC(=O)O)C(=O)[C@@H]45)[C@H]23)cc1. The van der Waals surface area contributed by atoms with Gasteiger partial charge in [-0.15, -0.1) is 11.8 Å². The minimum absolute atomic E-state index is 0.00617. The van der Waals surface area contributed by atoms with Crippen molar-refractivity contribution in [3.8, 4) is 0 Å². The fourth-order valence-electron chi connectivity index (χ4n) is 6.86. The Morgan fingerprint density at radius 1 is 1.12 bits per heavy atom. The van der Waals surface area contributed by atoms with Crippen molar-refractivity contribution >= 4 is 46.6 Å². The number of thiazole rings is 1. The summed E-state index contributed by atoms with van der Waals surface area (Å²) >= 11 is 2.91. The van der Waals surface area contributed by atoms with E-state index in [1.807, 2.05) is 19.0 Å². The molecular formula is C24H25N3O5S2. The Hall–Kier alpha value is -2.59. The number of fused-ring (bicyclic) bond motifs is 9. The first-order chi connectivity index (χ1) is 16.3. The van der Waals surface area contributed by atoms with Gasteiger partial charge in [0.15, 0.2) is 0 Å². The van der Waals surface area contributed by atoms with Crippen molar-refractivity contribution in [2.24, 2.45) is 29.6 Å². The van der Waals surface area contributed by atoms with E-state index in [1.54, 1.807) is 11.8 Å². The molecule has 4 aliphatic rings. The van der Waals surface area contributed by atoms with Gasteiger partial charge >= 0.3 is 10.8 Å². The fourth-order valence-corrected chi connectivity index (χ4v) is 9.75. The molecular weight excluding hydrogens is 474 g/mol. The van der Waals surface area contributed by atoms with Crippen molar-refractivity contribution in [1.82, 2.24) is 9.88 Å². The quantitative estimate of drug-likeness (QED) is 0.608. The van der Waals surface area contributed by atoms with E-state index in [0.717, 1.165) is 27.6 Å². The predicted octanol–water partition coefficient (Wildman–Crippen LogP) is 2.45. The summed E-state index contributed by atoms with van der Waals surface area (Å²) in [5.74, 6) is -1.94. The summed E-state index contributed by atoms with van der Waals surface area (Å²) in [5, 5.41) is 10.1. The van der Waals surface area contributed by atoms with Crippen LogP contribution in [0.5, 0.6) is 0 Å². The summed E-state index contributed by atoms with van der Waals surface area (Å²) < 4.78 is 0. The third kappa shape index (κ3) is 3.04. The Bertz CT molecular complexity index is 1250. The van der Waals surface area contributed by atoms with Gasteiger partial charge in [0.05, 0.1) is 23.3 Å². The summed E-state index contributed by atoms with van der Waals surface area (Å²) in [7, 11) is 3.99. The third-order valence-electron chi connectivity index (χ3n) is 8.13. The standard InChI is InChI=1S/C24H25N3O5S2/c1-26(2)11-5-3-10(4-6-11)15-16-12-9-13(19(16)33-21-20(15)34-24(32)25-21)18-17(12)22(30)27(23(18)31)8-7-14(28)29/h3-6,12-13,15-19H,7-9H2,1-2H3,(H,25,32)(H,28,29)/t12-,13+,15-,16-,17+,18+,19-/m1/s1. The van der Waals surface area contributed by atoms with Crippen LogP contribution in [-0.2, 0) is 14.4 Å². The summed E-state index contributed by atoms with van der Waals surface area (Å²) in [6.07, 6.45) is 0.598. The molecule has 3 heterocycles. The average Bonchev–Trinajstić information content (AvgIpc) is 3.51. The van der Waals surface area contributed by atoms with Gasteiger partial charge in [-0.05, 0) is 41.9 Å². The number of H-pyrrole nitrogens is 1. The molecule has 8 nitrogen and oxygen atoms in total. The highest BCUT2D eigenvalue weighted by atomic mass is 32.2. The lowest BCUT2D eigenvalue weighted by atomic mass is 9.68. The first kappa shape index (κ1) is 21.9. The molecule has 7 atom stereocenters. The number of hydrogen-bond acceptors (Lipinski definition) is 7. The highest BCUT2D eigenvalue weighted by Gasteiger charge is 2.69. The number of aliphatic carboxylic acids is 1. The minimum atomic E-state index is -1.01. The number of aromatic amines is 1. The third-order valence-corrected chi connectivity index (χ3v) is 10.7. The molecule has 2 bridgehead atoms. The number of nitrogens with one attached hydrogen (secondary N) is 1. The number of likely N-dealkylation sites (tertiary alicyclic amines) is 1. The molecule has 178 valence electrons. The van der Waals surface area contributed by atoms with Crippen LogP contribution in [0.2, 0.25) is 0 Å². The van der Waals surface area contributed by atoms with Crippen LogP contribution in [0.25, 0.3) is 0 Å². The molecule has 3 fully saturated rings. The number of carbonyl (C=O) groups is 3. The monoisotopic (exact) mass is 499 g/mol. The summed E-state index contributed by atoms with van der Waals surface area (Å²) in [6.45, 7) is -0.0575. The molecule has 2 N–H and O–H groups in total. The molecule has 10 heteroatoms. The van der Waals surface area contributed by atoms with Crippen LogP contribution in [0.3, 0.4) is 0 Å². The topological polar surface area (TPSA) is 111 Å². The average molecular weight is 500 g/mol. The van der Waals surface area contributed by atoms with Crippen molar-refractivity contribution < 1.29 is 19.5 Å². The first-order valence-electron chi connectivity index (χ1n) is 11.5. The lowest BCUT2D eigenvalue weighted by Gasteiger charge is -2.43. The van der Waals surface area contributed by atoms with E-state index >= 15 is 0 Å². The van der Waals surface area contributed by atoms with Gasteiger partial charge in [-0.2, -0.15) is 0 Å². The Morgan fingerprint density at radius 3 is 2.44 bits per heavy atom. The second kappa shape index (κ2) is 7.71. The maximum atomic E-state index is 13.3. The van der Waals surface area contributed by atoms with Crippen molar-refractivity contribution in [2.45, 2.75) is 29.0 Å². The molecule has 2 saturated carbocycles. The number of nitrogens with zero attached hydrogens (tertiary/aromatic N) is 2. The number of aromatic nitrogens is 1. The smallest absolute Gasteiger partial charge is 0.305 e. The summed E-state index contributed by atoms with van der Waals surface area (Å²) in [4.78, 5) is 57.1. The zero-order valence-electron chi connectivity index (χ0n) is 18.8. The summed E-state index contributed by atoms with van der Waals surface area (Å²) in [6, 6.07) is 8.39. The van der Waals surface area contributed by atoms with Crippen LogP contribution < -0.4 is 9.77 Å². The zero-order chi connectivity index (χ0) is 23.9. The number of anilines is 1. The second-order valence-electron chi connectivity index (χ2n) is 9.92. The second-order valence-corrected chi connectivity index (χ2v) is 12.1. The number of carboxylic acids is 1. The van der Waals surface area contributed by atoms with Gasteiger partial charge in [0.1, 0.15) is 0 Å². The zero-order valence-corrected chi connectivity index (χ0v) is 20.4. The number of rotatable bonds is 5. The van der Waals surface area contributed by atoms with Gasteiger partial charge < -0.3 is 15.0 Å². The summed E-state index contributed by atoms with van der Waals surface area (Å²) in [5.41, 5.74) is 2.22. The van der Waals surface area contributed by atoms with Crippen molar-refractivity contribution in [2.75, 3.05) is 25.5 Å². The van der Waals surface area contributed by atoms with E-state index in [1.165, 1.54) is 16.2 Å². The molecule has 0 unspecified atom stereocenters. The lowest BCUT2D eigenvalue weighted by Crippen LogP contribution is -2.42. The molecule has 2 aliphatic carbocycles. The number of imide groups is 1. The van der Waals surface area contributed by atoms with Crippen LogP contribution in [-0.4, -0.2) is 58.7 Å². The Morgan fingerprint density at radius 2 is 1.79 bits per heavy atom. The van der Waals surface area contributed by atoms with Crippen LogP contribution >= 0.6 is 23.1 Å². The number of carboxylic acid groups (broad SMARTS) is 1. The maximum absolute atomic E-state index is 13.3. The highest BCUT2D eigenvalue weighted by Crippen LogP contribution is 2.68. The van der Waals surface area contributed by atoms with E-state index in [-0.39, 0.29) is 70.4 Å². The molecule has 6 rings (SSSR count). The number of benzene rings is 1. The number of hydrogen-bond donors (Lipinski definition) is 2. The Kier molecular flexibility index (Phi) is 4.97. The number of amides is 2. The van der Waals surface area contributed by atoms with E-state index < -0.39 is 5.97 Å². The van der Waals surface area contributed by atoms with E-state index in [2.05, 4.69) is 29.2 Å². The molecule has 2 amide bonds. The number of carbonyl (C=O) groups excluding carboxylic acids is 2. The largest absolute Gasteiger partial charge is 0.481 e. The van der Waals surface area contributed by atoms with Crippen LogP contribution in [0.1, 0.15) is 29.2 Å². The molecule has 0 radical (unpaired) electrons. The Labute approximate surface area is 204 Å². The first-order valence-corrected chi connectivity index (χ1v) is 13.2. The fraction of sp³-hybridized carbons (Fsp3) is 0.500. The normalized spacial score (nSPS) is 33.1. The van der Waals surface area contributed by atoms with Gasteiger partial charge in [-0.3, -0.25) is 24.1 Å².